The molecule has 112 valence electrons. The van der Waals surface area contributed by atoms with Gasteiger partial charge in [-0.2, -0.15) is 0 Å². The second-order valence-corrected chi connectivity index (χ2v) is 6.12. The van der Waals surface area contributed by atoms with E-state index in [-0.39, 0.29) is 11.9 Å². The molecule has 0 radical (unpaired) electrons. The van der Waals surface area contributed by atoms with Gasteiger partial charge in [0.15, 0.2) is 0 Å². The molecule has 0 spiro atoms. The standard InChI is InChI=1S/C15H30N2O2/c1-12(2)17(10-14-6-5-7-16-9-14)15(18)8-13(3)11-19-4/h12-14,16H,5-11H2,1-4H3. The molecule has 1 saturated heterocycles. The molecule has 0 aromatic rings. The first-order chi connectivity index (χ1) is 9.04. The van der Waals surface area contributed by atoms with Gasteiger partial charge < -0.3 is 15.0 Å². The molecular weight excluding hydrogens is 240 g/mol. The molecular formula is C15H30N2O2. The molecule has 2 unspecified atom stereocenters. The highest BCUT2D eigenvalue weighted by atomic mass is 16.5. The van der Waals surface area contributed by atoms with Crippen LogP contribution in [-0.4, -0.2) is 50.2 Å². The second kappa shape index (κ2) is 8.54. The molecule has 1 rings (SSSR count). The summed E-state index contributed by atoms with van der Waals surface area (Å²) in [6.45, 7) is 10.00. The van der Waals surface area contributed by atoms with Crippen LogP contribution in [0, 0.1) is 11.8 Å². The van der Waals surface area contributed by atoms with Crippen LogP contribution in [-0.2, 0) is 9.53 Å². The van der Waals surface area contributed by atoms with Crippen LogP contribution in [0.25, 0.3) is 0 Å². The van der Waals surface area contributed by atoms with E-state index in [0.717, 1.165) is 19.6 Å². The van der Waals surface area contributed by atoms with Crippen molar-refractivity contribution in [3.8, 4) is 0 Å². The van der Waals surface area contributed by atoms with Crippen LogP contribution in [0.15, 0.2) is 0 Å². The maximum Gasteiger partial charge on any atom is 0.223 e. The number of nitrogens with zero attached hydrogens (tertiary/aromatic N) is 1. The van der Waals surface area contributed by atoms with Gasteiger partial charge in [0.1, 0.15) is 0 Å². The van der Waals surface area contributed by atoms with Crippen molar-refractivity contribution >= 4 is 5.91 Å². The predicted octanol–water partition coefficient (Wildman–Crippen LogP) is 1.90. The summed E-state index contributed by atoms with van der Waals surface area (Å²) in [4.78, 5) is 14.4. The predicted molar refractivity (Wildman–Crippen MR) is 78.1 cm³/mol. The Bertz CT molecular complexity index is 263. The van der Waals surface area contributed by atoms with Gasteiger partial charge in [-0.05, 0) is 51.6 Å². The molecule has 0 saturated carbocycles. The fourth-order valence-corrected chi connectivity index (χ4v) is 2.72. The van der Waals surface area contributed by atoms with Crippen molar-refractivity contribution in [2.75, 3.05) is 33.4 Å². The van der Waals surface area contributed by atoms with Crippen LogP contribution in [0.4, 0.5) is 0 Å². The molecule has 19 heavy (non-hydrogen) atoms. The Labute approximate surface area is 117 Å². The first-order valence-corrected chi connectivity index (χ1v) is 7.53. The summed E-state index contributed by atoms with van der Waals surface area (Å²) < 4.78 is 5.11. The number of piperidine rings is 1. The zero-order chi connectivity index (χ0) is 14.3. The van der Waals surface area contributed by atoms with Gasteiger partial charge in [0.05, 0.1) is 0 Å². The largest absolute Gasteiger partial charge is 0.384 e. The maximum atomic E-state index is 12.4. The van der Waals surface area contributed by atoms with Gasteiger partial charge in [-0.15, -0.1) is 0 Å². The Morgan fingerprint density at radius 1 is 1.42 bits per heavy atom. The Kier molecular flexibility index (Phi) is 7.39. The van der Waals surface area contributed by atoms with Gasteiger partial charge >= 0.3 is 0 Å². The topological polar surface area (TPSA) is 41.6 Å². The second-order valence-electron chi connectivity index (χ2n) is 6.12. The molecule has 1 heterocycles. The third kappa shape index (κ3) is 5.91. The first-order valence-electron chi connectivity index (χ1n) is 7.53. The highest BCUT2D eigenvalue weighted by Crippen LogP contribution is 2.16. The minimum atomic E-state index is 0.269. The first kappa shape index (κ1) is 16.4. The van der Waals surface area contributed by atoms with Crippen molar-refractivity contribution in [1.82, 2.24) is 10.2 Å². The summed E-state index contributed by atoms with van der Waals surface area (Å²) in [7, 11) is 1.69. The van der Waals surface area contributed by atoms with E-state index in [1.54, 1.807) is 7.11 Å². The lowest BCUT2D eigenvalue weighted by atomic mass is 9.98. The van der Waals surface area contributed by atoms with Gasteiger partial charge in [-0.25, -0.2) is 0 Å². The summed E-state index contributed by atoms with van der Waals surface area (Å²) in [5, 5.41) is 3.42. The van der Waals surface area contributed by atoms with Crippen molar-refractivity contribution in [2.45, 2.75) is 46.1 Å². The van der Waals surface area contributed by atoms with Crippen molar-refractivity contribution in [3.05, 3.63) is 0 Å². The molecule has 4 heteroatoms. The summed E-state index contributed by atoms with van der Waals surface area (Å²) >= 11 is 0. The fourth-order valence-electron chi connectivity index (χ4n) is 2.72. The van der Waals surface area contributed by atoms with Crippen molar-refractivity contribution in [1.29, 1.82) is 0 Å². The molecule has 4 nitrogen and oxygen atoms in total. The minimum Gasteiger partial charge on any atom is -0.384 e. The number of ether oxygens (including phenoxy) is 1. The number of carbonyl (C=O) groups is 1. The number of hydrogen-bond donors (Lipinski definition) is 1. The lowest BCUT2D eigenvalue weighted by Crippen LogP contribution is -2.44. The zero-order valence-electron chi connectivity index (χ0n) is 12.9. The molecule has 1 aliphatic rings. The Balaban J connectivity index is 2.48. The van der Waals surface area contributed by atoms with Gasteiger partial charge in [0, 0.05) is 32.7 Å². The van der Waals surface area contributed by atoms with Gasteiger partial charge in [0.2, 0.25) is 5.91 Å². The van der Waals surface area contributed by atoms with Crippen LogP contribution in [0.3, 0.4) is 0 Å². The molecule has 2 atom stereocenters. The van der Waals surface area contributed by atoms with E-state index in [1.165, 1.54) is 12.8 Å². The quantitative estimate of drug-likeness (QED) is 0.768. The van der Waals surface area contributed by atoms with Gasteiger partial charge in [0.25, 0.3) is 0 Å². The fraction of sp³-hybridized carbons (Fsp3) is 0.933. The maximum absolute atomic E-state index is 12.4. The molecule has 1 fully saturated rings. The Hall–Kier alpha value is -0.610. The van der Waals surface area contributed by atoms with Crippen molar-refractivity contribution in [2.24, 2.45) is 11.8 Å². The van der Waals surface area contributed by atoms with Gasteiger partial charge in [-0.1, -0.05) is 6.92 Å². The lowest BCUT2D eigenvalue weighted by molar-refractivity contribution is -0.135. The van der Waals surface area contributed by atoms with E-state index < -0.39 is 0 Å². The van der Waals surface area contributed by atoms with Crippen LogP contribution < -0.4 is 5.32 Å². The lowest BCUT2D eigenvalue weighted by Gasteiger charge is -2.33. The normalized spacial score (nSPS) is 21.4. The van der Waals surface area contributed by atoms with E-state index in [4.69, 9.17) is 4.74 Å². The molecule has 1 aliphatic heterocycles. The van der Waals surface area contributed by atoms with Crippen LogP contribution >= 0.6 is 0 Å². The Morgan fingerprint density at radius 3 is 2.68 bits per heavy atom. The molecule has 0 aromatic carbocycles. The van der Waals surface area contributed by atoms with Crippen molar-refractivity contribution in [3.63, 3.8) is 0 Å². The smallest absolute Gasteiger partial charge is 0.223 e. The van der Waals surface area contributed by atoms with Gasteiger partial charge in [-0.3, -0.25) is 4.79 Å². The van der Waals surface area contributed by atoms with E-state index in [1.807, 2.05) is 4.90 Å². The summed E-state index contributed by atoms with van der Waals surface area (Å²) in [5.41, 5.74) is 0. The molecule has 0 aliphatic carbocycles. The van der Waals surface area contributed by atoms with E-state index in [2.05, 4.69) is 26.1 Å². The number of methoxy groups -OCH3 is 1. The molecule has 0 bridgehead atoms. The van der Waals surface area contributed by atoms with Crippen LogP contribution in [0.1, 0.15) is 40.0 Å². The molecule has 1 N–H and O–H groups in total. The summed E-state index contributed by atoms with van der Waals surface area (Å²) in [6, 6.07) is 0.282. The zero-order valence-corrected chi connectivity index (χ0v) is 12.9. The SMILES string of the molecule is COCC(C)CC(=O)N(CC1CCCNC1)C(C)C. The average molecular weight is 270 g/mol. The Morgan fingerprint density at radius 2 is 2.16 bits per heavy atom. The van der Waals surface area contributed by atoms with E-state index >= 15 is 0 Å². The van der Waals surface area contributed by atoms with Crippen LogP contribution in [0.5, 0.6) is 0 Å². The molecule has 0 aromatic heterocycles. The third-order valence-electron chi connectivity index (χ3n) is 3.77. The number of hydrogen-bond acceptors (Lipinski definition) is 3. The minimum absolute atomic E-state index is 0.269. The highest BCUT2D eigenvalue weighted by molar-refractivity contribution is 5.76. The molecule has 1 amide bonds. The van der Waals surface area contributed by atoms with E-state index in [9.17, 15) is 4.79 Å². The summed E-state index contributed by atoms with van der Waals surface area (Å²) in [5.74, 6) is 1.17. The number of rotatable bonds is 7. The highest BCUT2D eigenvalue weighted by Gasteiger charge is 2.23. The third-order valence-corrected chi connectivity index (χ3v) is 3.77. The van der Waals surface area contributed by atoms with Crippen LogP contribution in [0.2, 0.25) is 0 Å². The van der Waals surface area contributed by atoms with Crippen molar-refractivity contribution < 1.29 is 9.53 Å². The number of amides is 1. The monoisotopic (exact) mass is 270 g/mol. The number of nitrogens with one attached hydrogen (secondary N) is 1. The number of carbonyl (C=O) groups excluding carboxylic acids is 1. The summed E-state index contributed by atoms with van der Waals surface area (Å²) in [6.07, 6.45) is 3.05. The van der Waals surface area contributed by atoms with E-state index in [0.29, 0.717) is 24.9 Å². The average Bonchev–Trinajstić information content (AvgIpc) is 2.36.